The fraction of sp³-hybridized carbons (Fsp3) is 0.333. The minimum Gasteiger partial charge on any atom is -0.320 e. The van der Waals surface area contributed by atoms with E-state index >= 15 is 0 Å². The first-order valence-corrected chi connectivity index (χ1v) is 7.37. The van der Waals surface area contributed by atoms with E-state index in [4.69, 9.17) is 0 Å². The molecule has 4 heteroatoms. The predicted molar refractivity (Wildman–Crippen MR) is 69.8 cm³/mol. The second-order valence-corrected chi connectivity index (χ2v) is 7.13. The Labute approximate surface area is 96.8 Å². The van der Waals surface area contributed by atoms with Gasteiger partial charge < -0.3 is 9.13 Å². The fourth-order valence-electron chi connectivity index (χ4n) is 2.11. The van der Waals surface area contributed by atoms with Gasteiger partial charge in [-0.25, -0.2) is 4.89 Å². The van der Waals surface area contributed by atoms with Crippen LogP contribution in [-0.2, 0) is 14.1 Å². The smallest absolute Gasteiger partial charge is 0.240 e. The molecule has 1 N–H and O–H groups in total. The minimum absolute atomic E-state index is 0.767. The second-order valence-electron chi connectivity index (χ2n) is 4.04. The maximum atomic E-state index is 11.0. The Hall–Kier alpha value is -1.05. The van der Waals surface area contributed by atoms with Crippen LogP contribution >= 0.6 is 7.49 Å². The summed E-state index contributed by atoms with van der Waals surface area (Å²) in [6, 6.07) is 8.01. The largest absolute Gasteiger partial charge is 0.320 e. The van der Waals surface area contributed by atoms with Crippen molar-refractivity contribution in [1.82, 2.24) is 9.13 Å². The molecule has 0 atom stereocenters. The van der Waals surface area contributed by atoms with Gasteiger partial charge in [0.25, 0.3) is 0 Å². The van der Waals surface area contributed by atoms with Crippen LogP contribution in [0, 0.1) is 0 Å². The summed E-state index contributed by atoms with van der Waals surface area (Å²) in [7, 11) is 1.76. The molecule has 2 rings (SSSR count). The van der Waals surface area contributed by atoms with E-state index < -0.39 is 7.49 Å². The second kappa shape index (κ2) is 4.08. The van der Waals surface area contributed by atoms with Gasteiger partial charge in [-0.3, -0.25) is 0 Å². The van der Waals surface area contributed by atoms with Gasteiger partial charge in [0.05, 0.1) is 6.16 Å². The molecule has 2 aromatic heterocycles. The Bertz CT molecular complexity index is 446. The zero-order valence-corrected chi connectivity index (χ0v) is 10.9. The molecule has 0 aromatic carbocycles. The number of rotatable bonds is 3. The molecule has 86 valence electrons. The van der Waals surface area contributed by atoms with Crippen LogP contribution in [0.4, 0.5) is 0 Å². The number of aryl methyl sites for hydroxylation is 2. The summed E-state index contributed by atoms with van der Waals surface area (Å²) in [6.07, 6.45) is 4.74. The Morgan fingerprint density at radius 1 is 1.06 bits per heavy atom. The third-order valence-electron chi connectivity index (χ3n) is 3.05. The summed E-state index contributed by atoms with van der Waals surface area (Å²) in [4.78, 5) is 11.0. The topological polar surface area (TPSA) is 30.1 Å². The van der Waals surface area contributed by atoms with Gasteiger partial charge in [-0.15, -0.1) is 0 Å². The summed E-state index contributed by atoms with van der Waals surface area (Å²) in [5.74, 6) is 0. The predicted octanol–water partition coefficient (Wildman–Crippen LogP) is 1.26. The van der Waals surface area contributed by atoms with Crippen LogP contribution in [0.25, 0.3) is 0 Å². The Morgan fingerprint density at radius 3 is 1.75 bits per heavy atom. The van der Waals surface area contributed by atoms with Gasteiger partial charge in [0.2, 0.25) is 7.49 Å². The summed E-state index contributed by atoms with van der Waals surface area (Å²) in [5.41, 5.74) is 2.08. The number of hydrogen-bond acceptors (Lipinski definition) is 1. The molecular weight excluding hydrogens is 219 g/mol. The highest BCUT2D eigenvalue weighted by atomic mass is 31.2. The standard InChI is InChI=1S/C12H18N2OP/c1-4-16(15,11-7-5-9-13(11)2)12-8-6-10-14(12)3/h5-10,15H,4H2,1-3H3/q+1. The molecule has 2 heterocycles. The van der Waals surface area contributed by atoms with Crippen LogP contribution in [-0.4, -0.2) is 20.2 Å². The molecule has 0 radical (unpaired) electrons. The van der Waals surface area contributed by atoms with Gasteiger partial charge in [0.1, 0.15) is 0 Å². The van der Waals surface area contributed by atoms with Gasteiger partial charge in [-0.1, -0.05) is 0 Å². The summed E-state index contributed by atoms with van der Waals surface area (Å²) < 4.78 is 4.04. The minimum atomic E-state index is -2.21. The van der Waals surface area contributed by atoms with Crippen molar-refractivity contribution < 1.29 is 4.89 Å². The third-order valence-corrected chi connectivity index (χ3v) is 6.41. The Kier molecular flexibility index (Phi) is 2.92. The fourth-order valence-corrected chi connectivity index (χ4v) is 4.84. The van der Waals surface area contributed by atoms with E-state index in [0.29, 0.717) is 0 Å². The van der Waals surface area contributed by atoms with Crippen molar-refractivity contribution in [2.24, 2.45) is 14.1 Å². The van der Waals surface area contributed by atoms with Crippen molar-refractivity contribution in [2.45, 2.75) is 6.92 Å². The van der Waals surface area contributed by atoms with E-state index in [1.54, 1.807) is 0 Å². The first-order chi connectivity index (χ1) is 7.59. The Balaban J connectivity index is 2.57. The number of aromatic nitrogens is 2. The summed E-state index contributed by atoms with van der Waals surface area (Å²) >= 11 is 0. The summed E-state index contributed by atoms with van der Waals surface area (Å²) in [5, 5.41) is 0. The van der Waals surface area contributed by atoms with E-state index in [1.165, 1.54) is 0 Å². The molecule has 0 fully saturated rings. The zero-order chi connectivity index (χ0) is 11.8. The molecule has 0 aliphatic heterocycles. The van der Waals surface area contributed by atoms with Gasteiger partial charge in [0.15, 0.2) is 10.9 Å². The van der Waals surface area contributed by atoms with Gasteiger partial charge in [-0.05, 0) is 19.1 Å². The van der Waals surface area contributed by atoms with Crippen molar-refractivity contribution in [3.05, 3.63) is 36.7 Å². The highest BCUT2D eigenvalue weighted by molar-refractivity contribution is 7.84. The molecule has 0 spiro atoms. The first-order valence-electron chi connectivity index (χ1n) is 5.44. The average Bonchev–Trinajstić information content (AvgIpc) is 2.86. The van der Waals surface area contributed by atoms with Crippen LogP contribution in [0.2, 0.25) is 0 Å². The van der Waals surface area contributed by atoms with Gasteiger partial charge in [0, 0.05) is 38.6 Å². The van der Waals surface area contributed by atoms with E-state index in [1.807, 2.05) is 66.8 Å². The van der Waals surface area contributed by atoms with Crippen molar-refractivity contribution in [2.75, 3.05) is 6.16 Å². The van der Waals surface area contributed by atoms with E-state index in [9.17, 15) is 4.89 Å². The zero-order valence-electron chi connectivity index (χ0n) is 9.96. The number of hydrogen-bond donors (Lipinski definition) is 1. The molecule has 3 nitrogen and oxygen atoms in total. The van der Waals surface area contributed by atoms with Crippen LogP contribution in [0.15, 0.2) is 36.7 Å². The van der Waals surface area contributed by atoms with Crippen molar-refractivity contribution in [1.29, 1.82) is 0 Å². The molecule has 0 amide bonds. The van der Waals surface area contributed by atoms with Crippen molar-refractivity contribution in [3.63, 3.8) is 0 Å². The Morgan fingerprint density at radius 2 is 1.50 bits per heavy atom. The molecule has 0 aliphatic rings. The molecule has 16 heavy (non-hydrogen) atoms. The molecule has 0 saturated heterocycles. The van der Waals surface area contributed by atoms with Gasteiger partial charge >= 0.3 is 0 Å². The van der Waals surface area contributed by atoms with Crippen molar-refractivity contribution >= 4 is 18.4 Å². The molecule has 2 aromatic rings. The van der Waals surface area contributed by atoms with Crippen LogP contribution in [0.3, 0.4) is 0 Å². The molecule has 0 saturated carbocycles. The van der Waals surface area contributed by atoms with E-state index in [-0.39, 0.29) is 0 Å². The quantitative estimate of drug-likeness (QED) is 0.800. The third kappa shape index (κ3) is 1.60. The van der Waals surface area contributed by atoms with Crippen molar-refractivity contribution in [3.8, 4) is 0 Å². The van der Waals surface area contributed by atoms with E-state index in [0.717, 1.165) is 17.0 Å². The first kappa shape index (κ1) is 11.4. The normalized spacial score (nSPS) is 12.0. The number of nitrogens with zero attached hydrogens (tertiary/aromatic N) is 2. The monoisotopic (exact) mass is 237 g/mol. The lowest BCUT2D eigenvalue weighted by molar-refractivity contribution is 0.617. The SMILES string of the molecule is CC[P+](O)(c1cccn1C)c1cccn1C. The lowest BCUT2D eigenvalue weighted by Gasteiger charge is -2.18. The summed E-state index contributed by atoms with van der Waals surface area (Å²) in [6.45, 7) is 2.05. The molecule has 0 unspecified atom stereocenters. The van der Waals surface area contributed by atoms with Crippen LogP contribution < -0.4 is 10.9 Å². The highest BCUT2D eigenvalue weighted by Crippen LogP contribution is 2.51. The van der Waals surface area contributed by atoms with E-state index in [2.05, 4.69) is 0 Å². The maximum absolute atomic E-state index is 11.0. The maximum Gasteiger partial charge on any atom is 0.240 e. The lowest BCUT2D eigenvalue weighted by atomic mass is 10.7. The lowest BCUT2D eigenvalue weighted by Crippen LogP contribution is -2.31. The van der Waals surface area contributed by atoms with Crippen LogP contribution in [0.1, 0.15) is 6.92 Å². The molecule has 0 aliphatic carbocycles. The average molecular weight is 237 g/mol. The van der Waals surface area contributed by atoms with Crippen LogP contribution in [0.5, 0.6) is 0 Å². The van der Waals surface area contributed by atoms with Gasteiger partial charge in [-0.2, -0.15) is 0 Å². The molecule has 0 bridgehead atoms. The highest BCUT2D eigenvalue weighted by Gasteiger charge is 2.43. The molecular formula is C12H18N2OP+.